The third-order valence-corrected chi connectivity index (χ3v) is 5.04. The number of nitrogens with one attached hydrogen (secondary N) is 1. The molecule has 1 aromatic carbocycles. The molecule has 19 heavy (non-hydrogen) atoms. The van der Waals surface area contributed by atoms with E-state index < -0.39 is 9.84 Å². The van der Waals surface area contributed by atoms with Crippen LogP contribution in [-0.4, -0.2) is 39.0 Å². The van der Waals surface area contributed by atoms with Crippen LogP contribution in [0.25, 0.3) is 0 Å². The molecular weight excluding hydrogens is 262 g/mol. The lowest BCUT2D eigenvalue weighted by Crippen LogP contribution is -2.33. The molecule has 1 aromatic rings. The van der Waals surface area contributed by atoms with Crippen LogP contribution in [0.2, 0.25) is 0 Å². The Bertz CT molecular complexity index is 480. The highest BCUT2D eigenvalue weighted by atomic mass is 32.2. The Morgan fingerprint density at radius 3 is 2.21 bits per heavy atom. The largest absolute Gasteiger partial charge is 0.396 e. The van der Waals surface area contributed by atoms with Gasteiger partial charge in [0.25, 0.3) is 0 Å². The molecule has 2 N–H and O–H groups in total. The van der Waals surface area contributed by atoms with E-state index in [0.717, 1.165) is 5.56 Å². The molecule has 0 spiro atoms. The summed E-state index contributed by atoms with van der Waals surface area (Å²) in [6, 6.07) is 6.82. The van der Waals surface area contributed by atoms with Gasteiger partial charge in [0.1, 0.15) is 0 Å². The molecule has 1 atom stereocenters. The maximum Gasteiger partial charge on any atom is 0.179 e. The maximum absolute atomic E-state index is 12.2. The second-order valence-corrected chi connectivity index (χ2v) is 7.04. The van der Waals surface area contributed by atoms with Crippen molar-refractivity contribution >= 4 is 9.84 Å². The van der Waals surface area contributed by atoms with Crippen molar-refractivity contribution in [1.29, 1.82) is 0 Å². The zero-order valence-electron chi connectivity index (χ0n) is 11.8. The molecule has 0 radical (unpaired) electrons. The summed E-state index contributed by atoms with van der Waals surface area (Å²) in [6.45, 7) is 4.12. The van der Waals surface area contributed by atoms with Crippen LogP contribution < -0.4 is 5.32 Å². The van der Waals surface area contributed by atoms with E-state index in [1.165, 1.54) is 0 Å². The summed E-state index contributed by atoms with van der Waals surface area (Å²) >= 11 is 0. The van der Waals surface area contributed by atoms with Gasteiger partial charge in [0.2, 0.25) is 0 Å². The van der Waals surface area contributed by atoms with Gasteiger partial charge in [-0.15, -0.1) is 0 Å². The van der Waals surface area contributed by atoms with Gasteiger partial charge in [0.15, 0.2) is 9.84 Å². The molecule has 0 saturated carbocycles. The lowest BCUT2D eigenvalue weighted by Gasteiger charge is -2.15. The standard InChI is InChI=1S/C14H23NO3S/c1-11(2)12-4-6-14(7-5-12)19(17,18)10-13(15-3)8-9-16/h4-7,11,13,15-16H,8-10H2,1-3H3. The summed E-state index contributed by atoms with van der Waals surface area (Å²) in [5, 5.41) is 11.8. The van der Waals surface area contributed by atoms with Crippen LogP contribution in [0.4, 0.5) is 0 Å². The molecule has 108 valence electrons. The first-order chi connectivity index (χ1) is 8.90. The van der Waals surface area contributed by atoms with Gasteiger partial charge in [-0.25, -0.2) is 8.42 Å². The molecule has 0 aliphatic rings. The molecule has 4 nitrogen and oxygen atoms in total. The molecule has 0 aliphatic heterocycles. The Morgan fingerprint density at radius 1 is 1.21 bits per heavy atom. The van der Waals surface area contributed by atoms with Crippen LogP contribution in [0.5, 0.6) is 0 Å². The number of benzene rings is 1. The van der Waals surface area contributed by atoms with E-state index in [0.29, 0.717) is 17.2 Å². The van der Waals surface area contributed by atoms with E-state index in [9.17, 15) is 8.42 Å². The predicted molar refractivity (Wildman–Crippen MR) is 77.1 cm³/mol. The topological polar surface area (TPSA) is 66.4 Å². The molecule has 0 bridgehead atoms. The van der Waals surface area contributed by atoms with Gasteiger partial charge in [-0.3, -0.25) is 0 Å². The zero-order chi connectivity index (χ0) is 14.5. The average Bonchev–Trinajstić information content (AvgIpc) is 2.38. The fourth-order valence-electron chi connectivity index (χ4n) is 1.89. The van der Waals surface area contributed by atoms with Crippen molar-refractivity contribution in [2.24, 2.45) is 0 Å². The minimum absolute atomic E-state index is 0.00504. The van der Waals surface area contributed by atoms with E-state index in [1.54, 1.807) is 19.2 Å². The number of rotatable bonds is 7. The minimum Gasteiger partial charge on any atom is -0.396 e. The van der Waals surface area contributed by atoms with Crippen molar-refractivity contribution in [1.82, 2.24) is 5.32 Å². The minimum atomic E-state index is -3.31. The summed E-state index contributed by atoms with van der Waals surface area (Å²) in [6.07, 6.45) is 0.430. The highest BCUT2D eigenvalue weighted by molar-refractivity contribution is 7.91. The average molecular weight is 285 g/mol. The first kappa shape index (κ1) is 16.1. The third kappa shape index (κ3) is 4.60. The third-order valence-electron chi connectivity index (χ3n) is 3.21. The molecule has 0 saturated heterocycles. The normalized spacial score (nSPS) is 13.7. The number of aliphatic hydroxyl groups excluding tert-OH is 1. The molecule has 1 rings (SSSR count). The van der Waals surface area contributed by atoms with E-state index in [1.807, 2.05) is 12.1 Å². The second kappa shape index (κ2) is 7.03. The van der Waals surface area contributed by atoms with Crippen LogP contribution in [0.1, 0.15) is 31.7 Å². The van der Waals surface area contributed by atoms with Crippen LogP contribution in [-0.2, 0) is 9.84 Å². The molecule has 0 amide bonds. The summed E-state index contributed by atoms with van der Waals surface area (Å²) < 4.78 is 24.5. The SMILES string of the molecule is CNC(CCO)CS(=O)(=O)c1ccc(C(C)C)cc1. The number of aliphatic hydroxyl groups is 1. The Balaban J connectivity index is 2.87. The first-order valence-corrected chi connectivity index (χ1v) is 8.16. The fourth-order valence-corrected chi connectivity index (χ4v) is 3.49. The summed E-state index contributed by atoms with van der Waals surface area (Å²) in [5.74, 6) is 0.390. The van der Waals surface area contributed by atoms with Gasteiger partial charge in [0.05, 0.1) is 10.6 Å². The van der Waals surface area contributed by atoms with Gasteiger partial charge >= 0.3 is 0 Å². The highest BCUT2D eigenvalue weighted by Gasteiger charge is 2.20. The lowest BCUT2D eigenvalue weighted by atomic mass is 10.0. The second-order valence-electron chi connectivity index (χ2n) is 5.00. The van der Waals surface area contributed by atoms with Crippen molar-refractivity contribution in [2.75, 3.05) is 19.4 Å². The van der Waals surface area contributed by atoms with Gasteiger partial charge in [-0.2, -0.15) is 0 Å². The van der Waals surface area contributed by atoms with Gasteiger partial charge in [-0.1, -0.05) is 26.0 Å². The van der Waals surface area contributed by atoms with Gasteiger partial charge in [-0.05, 0) is 37.1 Å². The van der Waals surface area contributed by atoms with Crippen molar-refractivity contribution in [3.8, 4) is 0 Å². The first-order valence-electron chi connectivity index (χ1n) is 6.51. The number of hydrogen-bond acceptors (Lipinski definition) is 4. The smallest absolute Gasteiger partial charge is 0.179 e. The van der Waals surface area contributed by atoms with E-state index in [4.69, 9.17) is 5.11 Å². The van der Waals surface area contributed by atoms with E-state index >= 15 is 0 Å². The highest BCUT2D eigenvalue weighted by Crippen LogP contribution is 2.18. The quantitative estimate of drug-likeness (QED) is 0.798. The van der Waals surface area contributed by atoms with Crippen LogP contribution in [0.15, 0.2) is 29.2 Å². The van der Waals surface area contributed by atoms with Crippen molar-refractivity contribution in [2.45, 2.75) is 37.1 Å². The molecule has 0 heterocycles. The molecule has 0 fully saturated rings. The predicted octanol–water partition coefficient (Wildman–Crippen LogP) is 1.55. The maximum atomic E-state index is 12.2. The van der Waals surface area contributed by atoms with Crippen LogP contribution in [0.3, 0.4) is 0 Å². The molecule has 5 heteroatoms. The Hall–Kier alpha value is -0.910. The van der Waals surface area contributed by atoms with Crippen molar-refractivity contribution in [3.05, 3.63) is 29.8 Å². The van der Waals surface area contributed by atoms with Crippen LogP contribution in [0, 0.1) is 0 Å². The van der Waals surface area contributed by atoms with E-state index in [-0.39, 0.29) is 18.4 Å². The molecule has 0 aromatic heterocycles. The molecule has 0 aliphatic carbocycles. The Labute approximate surface area is 115 Å². The summed E-state index contributed by atoms with van der Waals surface area (Å²) in [7, 11) is -1.60. The molecule has 1 unspecified atom stereocenters. The van der Waals surface area contributed by atoms with Crippen molar-refractivity contribution in [3.63, 3.8) is 0 Å². The van der Waals surface area contributed by atoms with E-state index in [2.05, 4.69) is 19.2 Å². The van der Waals surface area contributed by atoms with Crippen LogP contribution >= 0.6 is 0 Å². The monoisotopic (exact) mass is 285 g/mol. The summed E-state index contributed by atoms with van der Waals surface area (Å²) in [4.78, 5) is 0.343. The zero-order valence-corrected chi connectivity index (χ0v) is 12.6. The Kier molecular flexibility index (Phi) is 5.97. The Morgan fingerprint density at radius 2 is 1.79 bits per heavy atom. The number of sulfone groups is 1. The summed E-state index contributed by atoms with van der Waals surface area (Å²) in [5.41, 5.74) is 1.12. The van der Waals surface area contributed by atoms with Crippen molar-refractivity contribution < 1.29 is 13.5 Å². The fraction of sp³-hybridized carbons (Fsp3) is 0.571. The van der Waals surface area contributed by atoms with Gasteiger partial charge in [0, 0.05) is 12.6 Å². The molecular formula is C14H23NO3S. The van der Waals surface area contributed by atoms with Gasteiger partial charge < -0.3 is 10.4 Å². The number of hydrogen-bond donors (Lipinski definition) is 2. The lowest BCUT2D eigenvalue weighted by molar-refractivity contribution is 0.272.